The van der Waals surface area contributed by atoms with Gasteiger partial charge in [-0.3, -0.25) is 14.0 Å². The molecule has 0 saturated carbocycles. The van der Waals surface area contributed by atoms with Crippen LogP contribution in [0.4, 0.5) is 5.69 Å². The summed E-state index contributed by atoms with van der Waals surface area (Å²) < 4.78 is 30.2. The van der Waals surface area contributed by atoms with E-state index in [2.05, 4.69) is 17.0 Å². The van der Waals surface area contributed by atoms with Crippen LogP contribution in [-0.4, -0.2) is 70.7 Å². The van der Waals surface area contributed by atoms with Crippen LogP contribution in [0.25, 0.3) is 0 Å². The summed E-state index contributed by atoms with van der Waals surface area (Å²) in [6.07, 6.45) is 1.13. The van der Waals surface area contributed by atoms with E-state index in [4.69, 9.17) is 4.74 Å². The van der Waals surface area contributed by atoms with Crippen LogP contribution in [-0.2, 0) is 16.6 Å². The minimum atomic E-state index is -3.42. The normalized spacial score (nSPS) is 15.2. The van der Waals surface area contributed by atoms with Gasteiger partial charge in [0, 0.05) is 39.8 Å². The van der Waals surface area contributed by atoms with Gasteiger partial charge in [0.1, 0.15) is 5.75 Å². The summed E-state index contributed by atoms with van der Waals surface area (Å²) >= 11 is 0. The van der Waals surface area contributed by atoms with Gasteiger partial charge in [0.15, 0.2) is 0 Å². The number of nitrogens with zero attached hydrogens (tertiary/aromatic N) is 3. The number of rotatable bonds is 6. The monoisotopic (exact) mass is 417 g/mol. The highest BCUT2D eigenvalue weighted by atomic mass is 32.2. The SMILES string of the molecule is COc1ccc(N(C)S(C)(=O)=O)cc1C(=O)N1CCN(Cc2ccccc2)CC1. The lowest BCUT2D eigenvalue weighted by atomic mass is 10.1. The fourth-order valence-corrected chi connectivity index (χ4v) is 3.87. The molecule has 0 aliphatic carbocycles. The number of benzene rings is 2. The van der Waals surface area contributed by atoms with Gasteiger partial charge in [-0.05, 0) is 23.8 Å². The van der Waals surface area contributed by atoms with E-state index in [9.17, 15) is 13.2 Å². The van der Waals surface area contributed by atoms with Crippen molar-refractivity contribution in [1.82, 2.24) is 9.80 Å². The molecule has 0 radical (unpaired) electrons. The smallest absolute Gasteiger partial charge is 0.257 e. The predicted octanol–water partition coefficient (Wildman–Crippen LogP) is 2.05. The second-order valence-corrected chi connectivity index (χ2v) is 9.18. The Labute approximate surface area is 172 Å². The number of carbonyl (C=O) groups excluding carboxylic acids is 1. The van der Waals surface area contributed by atoms with E-state index < -0.39 is 10.0 Å². The van der Waals surface area contributed by atoms with Gasteiger partial charge in [0.2, 0.25) is 10.0 Å². The highest BCUT2D eigenvalue weighted by Crippen LogP contribution is 2.27. The van der Waals surface area contributed by atoms with Gasteiger partial charge in [0.05, 0.1) is 24.6 Å². The average Bonchev–Trinajstić information content (AvgIpc) is 2.73. The summed E-state index contributed by atoms with van der Waals surface area (Å²) in [6, 6.07) is 15.1. The van der Waals surface area contributed by atoms with Gasteiger partial charge >= 0.3 is 0 Å². The van der Waals surface area contributed by atoms with E-state index >= 15 is 0 Å². The number of carbonyl (C=O) groups is 1. The van der Waals surface area contributed by atoms with Crippen molar-refractivity contribution in [3.63, 3.8) is 0 Å². The van der Waals surface area contributed by atoms with E-state index in [1.54, 1.807) is 23.1 Å². The molecule has 1 fully saturated rings. The molecule has 1 heterocycles. The van der Waals surface area contributed by atoms with Gasteiger partial charge in [-0.1, -0.05) is 30.3 Å². The van der Waals surface area contributed by atoms with Crippen LogP contribution in [0.2, 0.25) is 0 Å². The fourth-order valence-electron chi connectivity index (χ4n) is 3.37. The van der Waals surface area contributed by atoms with E-state index in [1.165, 1.54) is 19.7 Å². The number of methoxy groups -OCH3 is 1. The lowest BCUT2D eigenvalue weighted by Gasteiger charge is -2.35. The molecule has 1 aliphatic rings. The van der Waals surface area contributed by atoms with Gasteiger partial charge in [-0.15, -0.1) is 0 Å². The first-order valence-corrected chi connectivity index (χ1v) is 11.3. The number of sulfonamides is 1. The summed E-state index contributed by atoms with van der Waals surface area (Å²) in [5, 5.41) is 0. The highest BCUT2D eigenvalue weighted by molar-refractivity contribution is 7.92. The van der Waals surface area contributed by atoms with Crippen molar-refractivity contribution in [3.05, 3.63) is 59.7 Å². The van der Waals surface area contributed by atoms with Gasteiger partial charge in [-0.2, -0.15) is 0 Å². The molecule has 29 heavy (non-hydrogen) atoms. The van der Waals surface area contributed by atoms with Crippen LogP contribution >= 0.6 is 0 Å². The first-order valence-electron chi connectivity index (χ1n) is 9.47. The second kappa shape index (κ2) is 8.84. The molecule has 0 aromatic heterocycles. The Hall–Kier alpha value is -2.58. The minimum Gasteiger partial charge on any atom is -0.496 e. The number of ether oxygens (including phenoxy) is 1. The van der Waals surface area contributed by atoms with Crippen molar-refractivity contribution in [3.8, 4) is 5.75 Å². The van der Waals surface area contributed by atoms with Gasteiger partial charge in [-0.25, -0.2) is 8.42 Å². The third-order valence-electron chi connectivity index (χ3n) is 5.18. The zero-order valence-electron chi connectivity index (χ0n) is 17.0. The molecular weight excluding hydrogens is 390 g/mol. The Morgan fingerprint density at radius 3 is 2.31 bits per heavy atom. The molecule has 2 aromatic carbocycles. The van der Waals surface area contributed by atoms with Crippen LogP contribution in [0.3, 0.4) is 0 Å². The topological polar surface area (TPSA) is 70.2 Å². The zero-order valence-corrected chi connectivity index (χ0v) is 17.9. The van der Waals surface area contributed by atoms with Crippen LogP contribution in [0.5, 0.6) is 5.75 Å². The first kappa shape index (κ1) is 21.1. The average molecular weight is 418 g/mol. The molecule has 156 valence electrons. The fraction of sp³-hybridized carbons (Fsp3) is 0.381. The van der Waals surface area contributed by atoms with Crippen LogP contribution < -0.4 is 9.04 Å². The van der Waals surface area contributed by atoms with Crippen molar-refractivity contribution in [1.29, 1.82) is 0 Å². The highest BCUT2D eigenvalue weighted by Gasteiger charge is 2.25. The molecule has 0 atom stereocenters. The maximum absolute atomic E-state index is 13.1. The standard InChI is InChI=1S/C21H27N3O4S/c1-22(29(3,26)27)18-9-10-20(28-2)19(15-18)21(25)24-13-11-23(12-14-24)16-17-7-5-4-6-8-17/h4-10,15H,11-14,16H2,1-3H3. The molecule has 0 bridgehead atoms. The molecule has 3 rings (SSSR count). The van der Waals surface area contributed by atoms with Crippen LogP contribution in [0, 0.1) is 0 Å². The van der Waals surface area contributed by atoms with Crippen molar-refractivity contribution >= 4 is 21.6 Å². The number of anilines is 1. The second-order valence-electron chi connectivity index (χ2n) is 7.17. The zero-order chi connectivity index (χ0) is 21.0. The lowest BCUT2D eigenvalue weighted by Crippen LogP contribution is -2.48. The predicted molar refractivity (Wildman–Crippen MR) is 114 cm³/mol. The Kier molecular flexibility index (Phi) is 6.44. The maximum Gasteiger partial charge on any atom is 0.257 e. The number of hydrogen-bond donors (Lipinski definition) is 0. The van der Waals surface area contributed by atoms with Crippen molar-refractivity contribution in [2.75, 3.05) is 50.9 Å². The maximum atomic E-state index is 13.1. The molecule has 0 N–H and O–H groups in total. The van der Waals surface area contributed by atoms with Crippen molar-refractivity contribution in [2.45, 2.75) is 6.54 Å². The first-order chi connectivity index (χ1) is 13.8. The summed E-state index contributed by atoms with van der Waals surface area (Å²) in [6.45, 7) is 3.65. The van der Waals surface area contributed by atoms with Crippen molar-refractivity contribution in [2.24, 2.45) is 0 Å². The summed E-state index contributed by atoms with van der Waals surface area (Å²) in [7, 11) is -0.449. The summed E-state index contributed by atoms with van der Waals surface area (Å²) in [4.78, 5) is 17.2. The molecule has 0 unspecified atom stereocenters. The molecule has 2 aromatic rings. The van der Waals surface area contributed by atoms with E-state index in [1.807, 2.05) is 18.2 Å². The molecule has 8 heteroatoms. The van der Waals surface area contributed by atoms with E-state index in [0.29, 0.717) is 30.1 Å². The third kappa shape index (κ3) is 5.07. The molecule has 1 amide bonds. The Balaban J connectivity index is 1.71. The molecular formula is C21H27N3O4S. The minimum absolute atomic E-state index is 0.148. The summed E-state index contributed by atoms with van der Waals surface area (Å²) in [5.41, 5.74) is 2.06. The van der Waals surface area contributed by atoms with E-state index in [-0.39, 0.29) is 5.91 Å². The van der Waals surface area contributed by atoms with Crippen LogP contribution in [0.15, 0.2) is 48.5 Å². The van der Waals surface area contributed by atoms with Gasteiger partial charge < -0.3 is 9.64 Å². The third-order valence-corrected chi connectivity index (χ3v) is 6.39. The Bertz CT molecular complexity index is 955. The molecule has 1 saturated heterocycles. The van der Waals surface area contributed by atoms with Crippen LogP contribution in [0.1, 0.15) is 15.9 Å². The van der Waals surface area contributed by atoms with Gasteiger partial charge in [0.25, 0.3) is 5.91 Å². The Morgan fingerprint density at radius 2 is 1.72 bits per heavy atom. The quantitative estimate of drug-likeness (QED) is 0.720. The molecule has 7 nitrogen and oxygen atoms in total. The number of piperazine rings is 1. The van der Waals surface area contributed by atoms with Crippen molar-refractivity contribution < 1.29 is 17.9 Å². The number of hydrogen-bond acceptors (Lipinski definition) is 5. The number of amides is 1. The summed E-state index contributed by atoms with van der Waals surface area (Å²) in [5.74, 6) is 0.289. The molecule has 1 aliphatic heterocycles. The largest absolute Gasteiger partial charge is 0.496 e. The Morgan fingerprint density at radius 1 is 1.07 bits per heavy atom. The van der Waals surface area contributed by atoms with E-state index in [0.717, 1.165) is 30.2 Å². The lowest BCUT2D eigenvalue weighted by molar-refractivity contribution is 0.0625. The molecule has 0 spiro atoms.